The summed E-state index contributed by atoms with van der Waals surface area (Å²) >= 11 is -2.98. The maximum atomic E-state index is 15.3. The zero-order chi connectivity index (χ0) is 26.6. The van der Waals surface area contributed by atoms with E-state index in [0.717, 1.165) is 13.0 Å². The van der Waals surface area contributed by atoms with Crippen LogP contribution in [0.25, 0.3) is 0 Å². The van der Waals surface area contributed by atoms with E-state index < -0.39 is 78.5 Å². The van der Waals surface area contributed by atoms with E-state index in [-0.39, 0.29) is 18.3 Å². The second-order valence-corrected chi connectivity index (χ2v) is 14.2. The molecule has 4 N–H and O–H groups in total. The van der Waals surface area contributed by atoms with Crippen molar-refractivity contribution >= 4 is 43.9 Å². The van der Waals surface area contributed by atoms with Crippen LogP contribution in [0.2, 0.25) is 0 Å². The summed E-state index contributed by atoms with van der Waals surface area (Å²) < 4.78 is 48.6. The van der Waals surface area contributed by atoms with Crippen LogP contribution in [0.5, 0.6) is 5.75 Å². The van der Waals surface area contributed by atoms with Gasteiger partial charge in [-0.15, -0.1) is 0 Å². The molecule has 6 atom stereocenters. The number of rotatable bonds is 10. The van der Waals surface area contributed by atoms with Gasteiger partial charge in [-0.25, -0.2) is 0 Å². The summed E-state index contributed by atoms with van der Waals surface area (Å²) in [4.78, 5) is 35.5. The van der Waals surface area contributed by atoms with Crippen LogP contribution in [0.3, 0.4) is 0 Å². The zero-order valence-electron chi connectivity index (χ0n) is 19.8. The monoisotopic (exact) mass is 641 g/mol. The molecule has 0 aliphatic carbocycles. The summed E-state index contributed by atoms with van der Waals surface area (Å²) in [5, 5.41) is 12.6. The van der Waals surface area contributed by atoms with E-state index in [1.54, 1.807) is 32.0 Å². The molecule has 0 aromatic heterocycles. The Labute approximate surface area is 215 Å². The first-order valence-electron chi connectivity index (χ1n) is 10.9. The summed E-state index contributed by atoms with van der Waals surface area (Å²) in [5.74, 6) is -1.03. The molecule has 11 nitrogen and oxygen atoms in total. The minimum atomic E-state index is -2.98. The Kier molecular flexibility index (Phi) is 9.52. The molecule has 36 heavy (non-hydrogen) atoms. The fourth-order valence-electron chi connectivity index (χ4n) is 3.45. The van der Waals surface area contributed by atoms with Crippen LogP contribution in [-0.2, 0) is 34.6 Å². The average Bonchev–Trinajstić information content (AvgIpc) is 3.02. The molecule has 0 bridgehead atoms. The van der Waals surface area contributed by atoms with Gasteiger partial charge in [0.2, 0.25) is 0 Å². The number of hydrogen-bond donors (Lipinski definition) is 3. The average molecular weight is 641 g/mol. The quantitative estimate of drug-likeness (QED) is 0.0865. The number of esters is 1. The predicted octanol–water partition coefficient (Wildman–Crippen LogP) is 2.64. The van der Waals surface area contributed by atoms with Gasteiger partial charge in [0.1, 0.15) is 0 Å². The number of nitrogens with two attached hydrogens (primary N) is 1. The third-order valence-electron chi connectivity index (χ3n) is 5.24. The summed E-state index contributed by atoms with van der Waals surface area (Å²) in [5.41, 5.74) is 4.11. The minimum absolute atomic E-state index is 0.0575. The number of carbonyl (C=O) groups is 3. The van der Waals surface area contributed by atoms with Crippen LogP contribution < -0.4 is 15.6 Å². The van der Waals surface area contributed by atoms with Crippen LogP contribution in [0.15, 0.2) is 34.4 Å². The molecule has 2 aliphatic rings. The first kappa shape index (κ1) is 28.5. The molecule has 0 spiro atoms. The molecule has 3 rings (SSSR count). The summed E-state index contributed by atoms with van der Waals surface area (Å²) in [6, 6.07) is 5.51. The molecular formula is C22H28FIN2O9P+. The van der Waals surface area contributed by atoms with E-state index in [1.807, 2.05) is 0 Å². The third-order valence-corrected chi connectivity index (χ3v) is 11.2. The number of para-hydroxylation sites is 1. The number of carbonyl (C=O) groups excluding carboxylic acids is 3. The van der Waals surface area contributed by atoms with E-state index in [2.05, 4.69) is 5.32 Å². The Hall–Kier alpha value is -2.03. The first-order chi connectivity index (χ1) is 16.9. The number of benzene rings is 1. The van der Waals surface area contributed by atoms with Crippen molar-refractivity contribution in [3.8, 4) is 5.75 Å². The van der Waals surface area contributed by atoms with Crippen LogP contribution in [0.4, 0.5) is 9.18 Å². The molecule has 1 fully saturated rings. The van der Waals surface area contributed by atoms with Crippen LogP contribution in [-0.4, -0.2) is 61.6 Å². The van der Waals surface area contributed by atoms with Gasteiger partial charge >= 0.3 is 186 Å². The van der Waals surface area contributed by atoms with Crippen molar-refractivity contribution in [3.63, 3.8) is 0 Å². The first-order valence-corrected chi connectivity index (χ1v) is 15.6. The summed E-state index contributed by atoms with van der Waals surface area (Å²) in [6.07, 6.45) is -2.01. The number of ether oxygens (including phenoxy) is 2. The SMILES string of the molecule is CC(C)OC(=O)C(N)Cc1ccccc1O[P+](=O)OCC1OC(I2C=CC(=O)NC2=O)C(C)(F)C1O. The number of imide groups is 1. The van der Waals surface area contributed by atoms with Gasteiger partial charge in [0, 0.05) is 0 Å². The fourth-order valence-corrected chi connectivity index (χ4v) is 8.99. The predicted molar refractivity (Wildman–Crippen MR) is 134 cm³/mol. The van der Waals surface area contributed by atoms with Crippen molar-refractivity contribution in [2.75, 3.05) is 6.61 Å². The molecule has 198 valence electrons. The number of alkyl halides is 2. The Morgan fingerprint density at radius 2 is 2.06 bits per heavy atom. The Balaban J connectivity index is 1.60. The fraction of sp³-hybridized carbons (Fsp3) is 0.500. The van der Waals surface area contributed by atoms with Crippen molar-refractivity contribution in [2.45, 2.75) is 61.3 Å². The molecule has 1 aromatic rings. The molecule has 2 heterocycles. The second-order valence-electron chi connectivity index (χ2n) is 8.50. The molecule has 1 aromatic carbocycles. The maximum absolute atomic E-state index is 15.3. The standard InChI is InChI=1S/C22H27FIN2O9P/c1-12(2)33-19(29)14(25)10-13-6-4-5-7-15(13)35-36(31)32-11-16-18(28)22(3,23)20(34-16)24-9-8-17(27)26-21(24)30/h4-9,12,14,16,18,20,28H,10-11,25H2,1-3H3/p+1. The van der Waals surface area contributed by atoms with Gasteiger partial charge in [-0.2, -0.15) is 0 Å². The van der Waals surface area contributed by atoms with Gasteiger partial charge in [0.25, 0.3) is 0 Å². The molecule has 2 amide bonds. The number of aliphatic hydroxyl groups excluding tert-OH is 1. The van der Waals surface area contributed by atoms with Gasteiger partial charge in [-0.1, -0.05) is 0 Å². The summed E-state index contributed by atoms with van der Waals surface area (Å²) in [7, 11) is -2.78. The van der Waals surface area contributed by atoms with Crippen molar-refractivity contribution in [2.24, 2.45) is 5.73 Å². The molecule has 0 radical (unpaired) electrons. The van der Waals surface area contributed by atoms with Crippen molar-refractivity contribution in [1.29, 1.82) is 0 Å². The van der Waals surface area contributed by atoms with Gasteiger partial charge in [-0.3, -0.25) is 4.79 Å². The van der Waals surface area contributed by atoms with Gasteiger partial charge < -0.3 is 4.74 Å². The van der Waals surface area contributed by atoms with Crippen LogP contribution in [0.1, 0.15) is 26.3 Å². The number of halogens is 2. The molecule has 2 aliphatic heterocycles. The second kappa shape index (κ2) is 12.0. The zero-order valence-corrected chi connectivity index (χ0v) is 22.8. The molecule has 6 unspecified atom stereocenters. The molecule has 14 heteroatoms. The van der Waals surface area contributed by atoms with Crippen molar-refractivity contribution in [3.05, 3.63) is 40.0 Å². The number of aliphatic hydroxyl groups is 1. The van der Waals surface area contributed by atoms with Gasteiger partial charge in [0.05, 0.1) is 6.10 Å². The Morgan fingerprint density at radius 3 is 2.72 bits per heavy atom. The Bertz CT molecular complexity index is 1050. The Morgan fingerprint density at radius 1 is 1.36 bits per heavy atom. The van der Waals surface area contributed by atoms with Crippen LogP contribution in [0, 0.1) is 0 Å². The van der Waals surface area contributed by atoms with E-state index in [0.29, 0.717) is 5.56 Å². The van der Waals surface area contributed by atoms with Crippen molar-refractivity contribution in [1.82, 2.24) is 5.32 Å². The number of hydrogen-bond acceptors (Lipinski definition) is 10. The molecule has 1 saturated heterocycles. The van der Waals surface area contributed by atoms with Gasteiger partial charge in [-0.05, 0) is 13.8 Å². The van der Waals surface area contributed by atoms with E-state index >= 15 is 4.39 Å². The third kappa shape index (κ3) is 6.84. The van der Waals surface area contributed by atoms with Gasteiger partial charge in [0.15, 0.2) is 0 Å². The number of nitrogens with one attached hydrogen (secondary N) is 1. The molecule has 0 saturated carbocycles. The van der Waals surface area contributed by atoms with Crippen molar-refractivity contribution < 1.29 is 47.0 Å². The van der Waals surface area contributed by atoms with E-state index in [1.165, 1.54) is 10.1 Å². The summed E-state index contributed by atoms with van der Waals surface area (Å²) in [6.45, 7) is 4.03. The molecular weight excluding hydrogens is 613 g/mol. The normalized spacial score (nSPS) is 28.1. The number of amides is 2. The van der Waals surface area contributed by atoms with E-state index in [4.69, 9.17) is 24.3 Å². The van der Waals surface area contributed by atoms with E-state index in [9.17, 15) is 24.1 Å². The topological polar surface area (TPSA) is 163 Å². The van der Waals surface area contributed by atoms with Crippen LogP contribution >= 0.6 is 28.1 Å².